The van der Waals surface area contributed by atoms with Gasteiger partial charge in [-0.2, -0.15) is 0 Å². The van der Waals surface area contributed by atoms with Crippen LogP contribution in [0.25, 0.3) is 23.1 Å². The van der Waals surface area contributed by atoms with Gasteiger partial charge in [-0.05, 0) is 84.2 Å². The maximum absolute atomic E-state index is 14.8. The largest absolute Gasteiger partial charge is 0.460 e. The monoisotopic (exact) mass is 1060 g/mol. The molecular weight excluding hydrogens is 997 g/mol. The third-order valence-electron chi connectivity index (χ3n) is 13.1. The standard InChI is InChI=1S/C59H68N8O11/c1-34(2)51-58(75)63-45(29-39-19-9-8-10-20-39)55(72)67-52(35(3)4)59(76)65-48(33-78-50(69)28-26-41-22-14-12-18-37(41)6)57(74)62-46(30-42-31-60-44-24-16-15-23-43(42)44)54(71)64-47(56(73)61-38(7)53(70)66-51)32-77-49(68)27-25-40-21-13-11-17-36(40)5/h8-28,31,34-35,38,45-48,51-52,60H,29-30,32-33H2,1-7H3,(H,61,73)(H,62,74)(H,63,75)(H,64,71)(H,65,76)(H,66,70)(H,67,72)/b27-25+,28-26+/t38-,45+,46-,47+,48-,51-,52-/m1/s1. The highest BCUT2D eigenvalue weighted by Gasteiger charge is 2.37. The fourth-order valence-corrected chi connectivity index (χ4v) is 8.49. The Balaban J connectivity index is 1.40. The minimum Gasteiger partial charge on any atom is -0.460 e. The van der Waals surface area contributed by atoms with Crippen LogP contribution in [0.1, 0.15) is 68.0 Å². The molecule has 0 bridgehead atoms. The summed E-state index contributed by atoms with van der Waals surface area (Å²) in [5, 5.41) is 19.3. The van der Waals surface area contributed by atoms with E-state index in [2.05, 4.69) is 42.2 Å². The summed E-state index contributed by atoms with van der Waals surface area (Å²) in [5.41, 5.74) is 5.10. The summed E-state index contributed by atoms with van der Waals surface area (Å²) < 4.78 is 11.1. The Labute approximate surface area is 453 Å². The van der Waals surface area contributed by atoms with E-state index in [0.717, 1.165) is 34.4 Å². The first-order valence-electron chi connectivity index (χ1n) is 25.8. The van der Waals surface area contributed by atoms with E-state index in [1.807, 2.05) is 44.2 Å². The molecule has 0 radical (unpaired) electrons. The van der Waals surface area contributed by atoms with Crippen LogP contribution in [0.2, 0.25) is 0 Å². The van der Waals surface area contributed by atoms with E-state index in [4.69, 9.17) is 9.47 Å². The number of rotatable bonds is 14. The zero-order valence-corrected chi connectivity index (χ0v) is 44.7. The Kier molecular flexibility index (Phi) is 20.8. The zero-order valence-electron chi connectivity index (χ0n) is 44.7. The number of esters is 2. The van der Waals surface area contributed by atoms with Crippen molar-refractivity contribution in [3.05, 3.63) is 155 Å². The van der Waals surface area contributed by atoms with Gasteiger partial charge in [0.1, 0.15) is 55.5 Å². The third-order valence-corrected chi connectivity index (χ3v) is 13.1. The van der Waals surface area contributed by atoms with Crippen molar-refractivity contribution >= 4 is 76.3 Å². The second-order valence-electron chi connectivity index (χ2n) is 19.8. The lowest BCUT2D eigenvalue weighted by molar-refractivity contribution is -0.143. The predicted molar refractivity (Wildman–Crippen MR) is 293 cm³/mol. The molecule has 0 aliphatic carbocycles. The summed E-state index contributed by atoms with van der Waals surface area (Å²) in [6.45, 7) is 10.2. The molecule has 7 amide bonds. The first-order valence-corrected chi connectivity index (χ1v) is 25.8. The Morgan fingerprint density at radius 3 is 1.46 bits per heavy atom. The molecule has 1 aliphatic heterocycles. The van der Waals surface area contributed by atoms with Crippen LogP contribution < -0.4 is 37.2 Å². The maximum atomic E-state index is 14.8. The molecule has 1 fully saturated rings. The normalized spacial score (nSPS) is 21.4. The Morgan fingerprint density at radius 1 is 0.487 bits per heavy atom. The highest BCUT2D eigenvalue weighted by molar-refractivity contribution is 5.99. The lowest BCUT2D eigenvalue weighted by Crippen LogP contribution is -2.62. The summed E-state index contributed by atoms with van der Waals surface area (Å²) in [7, 11) is 0. The van der Waals surface area contributed by atoms with Gasteiger partial charge in [0.15, 0.2) is 0 Å². The number of carbonyl (C=O) groups is 9. The van der Waals surface area contributed by atoms with Crippen LogP contribution in [0.3, 0.4) is 0 Å². The van der Waals surface area contributed by atoms with E-state index >= 15 is 0 Å². The van der Waals surface area contributed by atoms with E-state index in [0.29, 0.717) is 22.0 Å². The molecule has 2 heterocycles. The van der Waals surface area contributed by atoms with Gasteiger partial charge >= 0.3 is 11.9 Å². The van der Waals surface area contributed by atoms with Crippen LogP contribution in [0, 0.1) is 25.7 Å². The van der Waals surface area contributed by atoms with Crippen LogP contribution in [0.5, 0.6) is 0 Å². The topological polar surface area (TPSA) is 272 Å². The van der Waals surface area contributed by atoms with E-state index in [1.165, 1.54) is 19.1 Å². The van der Waals surface area contributed by atoms with Gasteiger partial charge in [-0.25, -0.2) is 9.59 Å². The quantitative estimate of drug-likeness (QED) is 0.0585. The molecule has 7 atom stereocenters. The molecule has 1 saturated heterocycles. The van der Waals surface area contributed by atoms with Crippen molar-refractivity contribution in [1.82, 2.24) is 42.2 Å². The van der Waals surface area contributed by atoms with Crippen LogP contribution in [0.15, 0.2) is 121 Å². The summed E-state index contributed by atoms with van der Waals surface area (Å²) >= 11 is 0. The second kappa shape index (κ2) is 27.8. The molecule has 0 saturated carbocycles. The molecule has 1 aromatic heterocycles. The number of benzene rings is 4. The number of hydrogen-bond donors (Lipinski definition) is 8. The van der Waals surface area contributed by atoms with Gasteiger partial charge in [0.25, 0.3) is 0 Å². The van der Waals surface area contributed by atoms with Crippen molar-refractivity contribution in [2.75, 3.05) is 13.2 Å². The van der Waals surface area contributed by atoms with E-state index in [1.54, 1.807) is 107 Å². The van der Waals surface area contributed by atoms with E-state index in [-0.39, 0.29) is 12.8 Å². The molecule has 19 nitrogen and oxygen atoms in total. The molecule has 6 rings (SSSR count). The molecular formula is C59H68N8O11. The number of aromatic nitrogens is 1. The number of aromatic amines is 1. The minimum atomic E-state index is -1.71. The lowest BCUT2D eigenvalue weighted by Gasteiger charge is -2.29. The first-order chi connectivity index (χ1) is 37.3. The number of hydrogen-bond acceptors (Lipinski definition) is 11. The maximum Gasteiger partial charge on any atom is 0.330 e. The predicted octanol–water partition coefficient (Wildman–Crippen LogP) is 3.82. The number of nitrogens with one attached hydrogen (secondary N) is 8. The molecule has 5 aromatic rings. The van der Waals surface area contributed by atoms with Crippen molar-refractivity contribution in [2.24, 2.45) is 11.8 Å². The summed E-state index contributed by atoms with van der Waals surface area (Å²) in [4.78, 5) is 131. The molecule has 19 heteroatoms. The van der Waals surface area contributed by atoms with Crippen molar-refractivity contribution in [2.45, 2.75) is 104 Å². The van der Waals surface area contributed by atoms with Crippen molar-refractivity contribution in [3.8, 4) is 0 Å². The van der Waals surface area contributed by atoms with Crippen LogP contribution in [0.4, 0.5) is 0 Å². The Hall–Kier alpha value is -8.87. The fourth-order valence-electron chi connectivity index (χ4n) is 8.49. The van der Waals surface area contributed by atoms with Crippen molar-refractivity contribution in [3.63, 3.8) is 0 Å². The summed E-state index contributed by atoms with van der Waals surface area (Å²) in [5.74, 6) is -9.10. The minimum absolute atomic E-state index is 0.0421. The summed E-state index contributed by atoms with van der Waals surface area (Å²) in [6, 6.07) is 20.3. The fraction of sp³-hybridized carbons (Fsp3) is 0.339. The number of amides is 7. The Bertz CT molecular complexity index is 3040. The van der Waals surface area contributed by atoms with Crippen molar-refractivity contribution < 1.29 is 52.6 Å². The van der Waals surface area contributed by atoms with Gasteiger partial charge in [-0.15, -0.1) is 0 Å². The van der Waals surface area contributed by atoms with Gasteiger partial charge in [-0.3, -0.25) is 33.6 Å². The lowest BCUT2D eigenvalue weighted by atomic mass is 9.99. The number of carbonyl (C=O) groups excluding carboxylic acids is 9. The van der Waals surface area contributed by atoms with Gasteiger partial charge in [-0.1, -0.05) is 125 Å². The molecule has 0 spiro atoms. The van der Waals surface area contributed by atoms with Crippen LogP contribution >= 0.6 is 0 Å². The number of aryl methyl sites for hydroxylation is 2. The second-order valence-corrected chi connectivity index (χ2v) is 19.8. The van der Waals surface area contributed by atoms with Crippen LogP contribution in [-0.4, -0.2) is 114 Å². The van der Waals surface area contributed by atoms with E-state index in [9.17, 15) is 43.2 Å². The summed E-state index contributed by atoms with van der Waals surface area (Å²) in [6.07, 6.45) is 6.76. The van der Waals surface area contributed by atoms with E-state index < -0.39 is 121 Å². The number of H-pyrrole nitrogens is 1. The van der Waals surface area contributed by atoms with Gasteiger partial charge in [0, 0.05) is 42.1 Å². The average molecular weight is 1070 g/mol. The molecule has 8 N–H and O–H groups in total. The number of fused-ring (bicyclic) bond motifs is 1. The van der Waals surface area contributed by atoms with Crippen molar-refractivity contribution in [1.29, 1.82) is 0 Å². The number of ether oxygens (including phenoxy) is 2. The molecule has 78 heavy (non-hydrogen) atoms. The molecule has 4 aromatic carbocycles. The third kappa shape index (κ3) is 16.6. The molecule has 410 valence electrons. The SMILES string of the molecule is Cc1ccccc1/C=C/C(=O)OC[C@@H]1NC(=O)[C@@H](Cc2c[nH]c3ccccc23)NC(=O)[C@@H](COC(=O)/C=C/c2ccccc2C)NC(=O)[C@@H](C(C)C)NC(=O)[C@H](Cc2ccccc2)NC(=O)[C@@H](C(C)C)NC(=O)[C@@H](C)NC1=O. The van der Waals surface area contributed by atoms with Gasteiger partial charge in [0.05, 0.1) is 0 Å². The highest BCUT2D eigenvalue weighted by atomic mass is 16.5. The van der Waals surface area contributed by atoms with Gasteiger partial charge < -0.3 is 51.7 Å². The molecule has 1 aliphatic rings. The zero-order chi connectivity index (χ0) is 56.5. The average Bonchev–Trinajstić information content (AvgIpc) is 3.83. The molecule has 0 unspecified atom stereocenters. The first kappa shape index (κ1) is 58.4. The van der Waals surface area contributed by atoms with Crippen LogP contribution in [-0.2, 0) is 65.5 Å². The smallest absolute Gasteiger partial charge is 0.330 e. The van der Waals surface area contributed by atoms with Gasteiger partial charge in [0.2, 0.25) is 41.4 Å². The Morgan fingerprint density at radius 2 is 0.910 bits per heavy atom. The highest BCUT2D eigenvalue weighted by Crippen LogP contribution is 2.20. The number of para-hydroxylation sites is 1.